The van der Waals surface area contributed by atoms with Crippen molar-refractivity contribution in [2.24, 2.45) is 5.92 Å². The number of anilines is 1. The molecule has 1 aliphatic carbocycles. The van der Waals surface area contributed by atoms with Crippen LogP contribution in [0.15, 0.2) is 18.2 Å². The molecule has 18 heavy (non-hydrogen) atoms. The maximum atomic E-state index is 10.0. The van der Waals surface area contributed by atoms with Crippen molar-refractivity contribution in [3.8, 4) is 0 Å². The van der Waals surface area contributed by atoms with Gasteiger partial charge in [-0.25, -0.2) is 0 Å². The van der Waals surface area contributed by atoms with Gasteiger partial charge in [-0.3, -0.25) is 0 Å². The molecule has 1 aliphatic rings. The van der Waals surface area contributed by atoms with Gasteiger partial charge in [0.15, 0.2) is 0 Å². The summed E-state index contributed by atoms with van der Waals surface area (Å²) in [4.78, 5) is 0. The van der Waals surface area contributed by atoms with Crippen molar-refractivity contribution < 1.29 is 5.11 Å². The second-order valence-electron chi connectivity index (χ2n) is 5.38. The molecule has 1 aromatic rings. The highest BCUT2D eigenvalue weighted by molar-refractivity contribution is 6.30. The number of benzene rings is 1. The van der Waals surface area contributed by atoms with E-state index in [1.165, 1.54) is 25.7 Å². The van der Waals surface area contributed by atoms with E-state index in [1.54, 1.807) is 0 Å². The third-order valence-corrected chi connectivity index (χ3v) is 4.04. The van der Waals surface area contributed by atoms with Crippen LogP contribution in [0, 0.1) is 12.8 Å². The van der Waals surface area contributed by atoms with Gasteiger partial charge in [0.05, 0.1) is 6.10 Å². The van der Waals surface area contributed by atoms with Crippen molar-refractivity contribution in [2.75, 3.05) is 11.9 Å². The second-order valence-corrected chi connectivity index (χ2v) is 5.82. The summed E-state index contributed by atoms with van der Waals surface area (Å²) in [5.74, 6) is 0.724. The Labute approximate surface area is 114 Å². The molecule has 0 bridgehead atoms. The normalized spacial score (nSPS) is 17.9. The van der Waals surface area contributed by atoms with Gasteiger partial charge in [0.25, 0.3) is 0 Å². The smallest absolute Gasteiger partial charge is 0.0715 e. The van der Waals surface area contributed by atoms with Gasteiger partial charge < -0.3 is 10.4 Å². The lowest BCUT2D eigenvalue weighted by Gasteiger charge is -2.17. The van der Waals surface area contributed by atoms with Crippen LogP contribution in [0.2, 0.25) is 5.02 Å². The third kappa shape index (κ3) is 3.89. The fourth-order valence-corrected chi connectivity index (χ4v) is 2.90. The van der Waals surface area contributed by atoms with E-state index in [2.05, 4.69) is 5.32 Å². The zero-order chi connectivity index (χ0) is 13.0. The zero-order valence-electron chi connectivity index (χ0n) is 11.0. The van der Waals surface area contributed by atoms with Crippen LogP contribution in [0.3, 0.4) is 0 Å². The number of aliphatic hydroxyl groups excluding tert-OH is 1. The predicted octanol–water partition coefficient (Wildman–Crippen LogP) is 4.00. The highest BCUT2D eigenvalue weighted by Gasteiger charge is 2.18. The SMILES string of the molecule is Cc1ccc(Cl)cc1NCC(O)CC1CCCC1. The zero-order valence-corrected chi connectivity index (χ0v) is 11.7. The van der Waals surface area contributed by atoms with Gasteiger partial charge >= 0.3 is 0 Å². The lowest BCUT2D eigenvalue weighted by atomic mass is 10.00. The topological polar surface area (TPSA) is 32.3 Å². The molecule has 1 saturated carbocycles. The van der Waals surface area contributed by atoms with Crippen LogP contribution in [-0.4, -0.2) is 17.8 Å². The van der Waals surface area contributed by atoms with Gasteiger partial charge in [-0.1, -0.05) is 43.4 Å². The highest BCUT2D eigenvalue weighted by Crippen LogP contribution is 2.28. The summed E-state index contributed by atoms with van der Waals surface area (Å²) >= 11 is 5.97. The Balaban J connectivity index is 1.81. The Morgan fingerprint density at radius 3 is 2.83 bits per heavy atom. The summed E-state index contributed by atoms with van der Waals surface area (Å²) in [5, 5.41) is 14.1. The molecule has 0 aromatic heterocycles. The first-order valence-electron chi connectivity index (χ1n) is 6.83. The molecule has 1 aromatic carbocycles. The van der Waals surface area contributed by atoms with Gasteiger partial charge in [0.2, 0.25) is 0 Å². The molecule has 1 fully saturated rings. The number of nitrogens with one attached hydrogen (secondary N) is 1. The molecule has 2 nitrogen and oxygen atoms in total. The van der Waals surface area contributed by atoms with E-state index < -0.39 is 0 Å². The van der Waals surface area contributed by atoms with Crippen molar-refractivity contribution in [3.05, 3.63) is 28.8 Å². The monoisotopic (exact) mass is 267 g/mol. The molecule has 0 spiro atoms. The van der Waals surface area contributed by atoms with Gasteiger partial charge in [0.1, 0.15) is 0 Å². The quantitative estimate of drug-likeness (QED) is 0.845. The first-order valence-corrected chi connectivity index (χ1v) is 7.21. The number of hydrogen-bond acceptors (Lipinski definition) is 2. The summed E-state index contributed by atoms with van der Waals surface area (Å²) in [6.45, 7) is 2.65. The minimum atomic E-state index is -0.258. The number of hydrogen-bond donors (Lipinski definition) is 2. The fourth-order valence-electron chi connectivity index (χ4n) is 2.73. The van der Waals surface area contributed by atoms with Crippen LogP contribution in [-0.2, 0) is 0 Å². The molecule has 0 aliphatic heterocycles. The van der Waals surface area contributed by atoms with Gasteiger partial charge in [-0.2, -0.15) is 0 Å². The van der Waals surface area contributed by atoms with Gasteiger partial charge in [0, 0.05) is 17.3 Å². The van der Waals surface area contributed by atoms with Crippen molar-refractivity contribution in [3.63, 3.8) is 0 Å². The van der Waals surface area contributed by atoms with Crippen molar-refractivity contribution in [2.45, 2.75) is 45.1 Å². The molecule has 2 rings (SSSR count). The summed E-state index contributed by atoms with van der Waals surface area (Å²) < 4.78 is 0. The standard InChI is InChI=1S/C15H22ClNO/c1-11-6-7-13(16)9-15(11)17-10-14(18)8-12-4-2-3-5-12/h6-7,9,12,14,17-18H,2-5,8,10H2,1H3. The van der Waals surface area contributed by atoms with Crippen LogP contribution >= 0.6 is 11.6 Å². The number of halogens is 1. The van der Waals surface area contributed by atoms with Crippen LogP contribution in [0.5, 0.6) is 0 Å². The summed E-state index contributed by atoms with van der Waals surface area (Å²) in [7, 11) is 0. The Bertz CT molecular complexity index is 388. The maximum Gasteiger partial charge on any atom is 0.0715 e. The van der Waals surface area contributed by atoms with E-state index >= 15 is 0 Å². The van der Waals surface area contributed by atoms with Gasteiger partial charge in [-0.15, -0.1) is 0 Å². The second kappa shape index (κ2) is 6.44. The minimum absolute atomic E-state index is 0.258. The van der Waals surface area contributed by atoms with E-state index in [9.17, 15) is 5.11 Å². The molecule has 0 amide bonds. The minimum Gasteiger partial charge on any atom is -0.391 e. The molecule has 1 atom stereocenters. The lowest BCUT2D eigenvalue weighted by molar-refractivity contribution is 0.155. The Morgan fingerprint density at radius 2 is 2.11 bits per heavy atom. The molecular weight excluding hydrogens is 246 g/mol. The number of rotatable bonds is 5. The first-order chi connectivity index (χ1) is 8.65. The summed E-state index contributed by atoms with van der Waals surface area (Å²) in [6.07, 6.45) is 5.90. The van der Waals surface area contributed by atoms with Crippen molar-refractivity contribution in [1.29, 1.82) is 0 Å². The molecule has 0 radical (unpaired) electrons. The molecular formula is C15H22ClNO. The third-order valence-electron chi connectivity index (χ3n) is 3.81. The van der Waals surface area contributed by atoms with Crippen LogP contribution in [0.25, 0.3) is 0 Å². The molecule has 2 N–H and O–H groups in total. The number of aliphatic hydroxyl groups is 1. The Kier molecular flexibility index (Phi) is 4.90. The average molecular weight is 268 g/mol. The predicted molar refractivity (Wildman–Crippen MR) is 77.3 cm³/mol. The molecule has 0 saturated heterocycles. The fraction of sp³-hybridized carbons (Fsp3) is 0.600. The highest BCUT2D eigenvalue weighted by atomic mass is 35.5. The van der Waals surface area contributed by atoms with E-state index in [0.29, 0.717) is 6.54 Å². The summed E-state index contributed by atoms with van der Waals surface area (Å²) in [5.41, 5.74) is 2.18. The van der Waals surface area contributed by atoms with Crippen molar-refractivity contribution >= 4 is 17.3 Å². The average Bonchev–Trinajstić information content (AvgIpc) is 2.83. The van der Waals surface area contributed by atoms with Crippen LogP contribution < -0.4 is 5.32 Å². The van der Waals surface area contributed by atoms with E-state index in [0.717, 1.165) is 28.6 Å². The van der Waals surface area contributed by atoms with E-state index in [1.807, 2.05) is 25.1 Å². The Hall–Kier alpha value is -0.730. The van der Waals surface area contributed by atoms with E-state index in [4.69, 9.17) is 11.6 Å². The summed E-state index contributed by atoms with van der Waals surface area (Å²) in [6, 6.07) is 5.80. The molecule has 100 valence electrons. The molecule has 3 heteroatoms. The number of aryl methyl sites for hydroxylation is 1. The molecule has 0 heterocycles. The first kappa shape index (κ1) is 13.7. The van der Waals surface area contributed by atoms with Gasteiger partial charge in [-0.05, 0) is 37.0 Å². The van der Waals surface area contributed by atoms with Crippen molar-refractivity contribution in [1.82, 2.24) is 0 Å². The largest absolute Gasteiger partial charge is 0.391 e. The maximum absolute atomic E-state index is 10.0. The Morgan fingerprint density at radius 1 is 1.39 bits per heavy atom. The lowest BCUT2D eigenvalue weighted by Crippen LogP contribution is -2.22. The van der Waals surface area contributed by atoms with E-state index in [-0.39, 0.29) is 6.10 Å². The van der Waals surface area contributed by atoms with Crippen LogP contribution in [0.1, 0.15) is 37.7 Å². The van der Waals surface area contributed by atoms with Crippen LogP contribution in [0.4, 0.5) is 5.69 Å². The molecule has 1 unspecified atom stereocenters.